The molecule has 7 heteroatoms. The second kappa shape index (κ2) is 8.78. The van der Waals surface area contributed by atoms with E-state index in [1.165, 1.54) is 0 Å². The Morgan fingerprint density at radius 2 is 2.06 bits per heavy atom. The zero-order chi connectivity index (χ0) is 11.4. The van der Waals surface area contributed by atoms with Crippen molar-refractivity contribution in [2.24, 2.45) is 0 Å². The van der Waals surface area contributed by atoms with Gasteiger partial charge in [-0.15, -0.1) is 24.8 Å². The molecule has 1 fully saturated rings. The second-order valence-electron chi connectivity index (χ2n) is 3.81. The Morgan fingerprint density at radius 3 is 2.56 bits per heavy atom. The minimum Gasteiger partial charge on any atom is -0.453 e. The van der Waals surface area contributed by atoms with E-state index in [0.29, 0.717) is 6.42 Å². The summed E-state index contributed by atoms with van der Waals surface area (Å²) in [6, 6.07) is 6.13. The maximum absolute atomic E-state index is 8.89. The molecule has 1 saturated heterocycles. The first-order chi connectivity index (χ1) is 7.81. The van der Waals surface area contributed by atoms with Crippen LogP contribution in [0.4, 0.5) is 0 Å². The van der Waals surface area contributed by atoms with Gasteiger partial charge in [-0.25, -0.2) is 0 Å². The molecular formula is C11H16BrCl2N3O. The van der Waals surface area contributed by atoms with E-state index in [4.69, 9.17) is 9.68 Å². The Morgan fingerprint density at radius 1 is 1.39 bits per heavy atom. The van der Waals surface area contributed by atoms with Gasteiger partial charge in [-0.2, -0.15) is 5.26 Å². The van der Waals surface area contributed by atoms with Crippen LogP contribution in [-0.4, -0.2) is 31.1 Å². The average Bonchev–Trinajstić information content (AvgIpc) is 2.74. The van der Waals surface area contributed by atoms with E-state index in [9.17, 15) is 0 Å². The van der Waals surface area contributed by atoms with Gasteiger partial charge >= 0.3 is 0 Å². The number of furan rings is 1. The van der Waals surface area contributed by atoms with Crippen LogP contribution in [0.5, 0.6) is 0 Å². The minimum atomic E-state index is 0. The molecule has 18 heavy (non-hydrogen) atoms. The molecule has 0 aromatic carbocycles. The van der Waals surface area contributed by atoms with Crippen molar-refractivity contribution in [3.05, 3.63) is 22.6 Å². The van der Waals surface area contributed by atoms with Gasteiger partial charge < -0.3 is 9.73 Å². The Kier molecular flexibility index (Phi) is 8.66. The lowest BCUT2D eigenvalue weighted by Crippen LogP contribution is -2.45. The fourth-order valence-corrected chi connectivity index (χ4v) is 2.32. The Labute approximate surface area is 128 Å². The molecular weight excluding hydrogens is 341 g/mol. The molecule has 4 nitrogen and oxygen atoms in total. The molecule has 0 amide bonds. The molecule has 1 atom stereocenters. The van der Waals surface area contributed by atoms with Gasteiger partial charge in [0.1, 0.15) is 5.76 Å². The first-order valence-electron chi connectivity index (χ1n) is 5.38. The van der Waals surface area contributed by atoms with E-state index in [0.717, 1.165) is 36.6 Å². The molecule has 0 unspecified atom stereocenters. The Balaban J connectivity index is 0.00000144. The van der Waals surface area contributed by atoms with E-state index in [1.807, 2.05) is 12.1 Å². The summed E-state index contributed by atoms with van der Waals surface area (Å²) in [7, 11) is 0. The van der Waals surface area contributed by atoms with Crippen LogP contribution >= 0.6 is 40.7 Å². The quantitative estimate of drug-likeness (QED) is 0.904. The number of nitriles is 1. The van der Waals surface area contributed by atoms with Gasteiger partial charge in [0.05, 0.1) is 18.5 Å². The lowest BCUT2D eigenvalue weighted by molar-refractivity contribution is 0.156. The Bertz CT molecular complexity index is 388. The molecule has 2 rings (SSSR count). The van der Waals surface area contributed by atoms with Crippen LogP contribution in [0.25, 0.3) is 0 Å². The predicted molar refractivity (Wildman–Crippen MR) is 78.3 cm³/mol. The minimum absolute atomic E-state index is 0. The Hall–Kier alpha value is -0.250. The zero-order valence-electron chi connectivity index (χ0n) is 9.76. The van der Waals surface area contributed by atoms with Gasteiger partial charge in [-0.1, -0.05) is 0 Å². The summed E-state index contributed by atoms with van der Waals surface area (Å²) < 4.78 is 6.28. The third kappa shape index (κ3) is 4.45. The van der Waals surface area contributed by atoms with Gasteiger partial charge in [-0.3, -0.25) is 4.90 Å². The summed E-state index contributed by atoms with van der Waals surface area (Å²) in [5.41, 5.74) is 0. The maximum Gasteiger partial charge on any atom is 0.169 e. The molecule has 2 heterocycles. The van der Waals surface area contributed by atoms with Crippen LogP contribution in [-0.2, 0) is 0 Å². The van der Waals surface area contributed by atoms with Crippen molar-refractivity contribution in [1.29, 1.82) is 5.26 Å². The van der Waals surface area contributed by atoms with Crippen molar-refractivity contribution < 1.29 is 4.42 Å². The molecule has 1 aromatic rings. The molecule has 0 spiro atoms. The highest BCUT2D eigenvalue weighted by atomic mass is 79.9. The van der Waals surface area contributed by atoms with Gasteiger partial charge in [-0.05, 0) is 28.1 Å². The van der Waals surface area contributed by atoms with Crippen LogP contribution in [0.2, 0.25) is 0 Å². The zero-order valence-corrected chi connectivity index (χ0v) is 13.0. The van der Waals surface area contributed by atoms with Crippen molar-refractivity contribution in [3.8, 4) is 6.07 Å². The van der Waals surface area contributed by atoms with Crippen molar-refractivity contribution in [1.82, 2.24) is 10.2 Å². The van der Waals surface area contributed by atoms with E-state index in [2.05, 4.69) is 32.2 Å². The summed E-state index contributed by atoms with van der Waals surface area (Å²) in [6.07, 6.45) is 0.472. The van der Waals surface area contributed by atoms with Crippen molar-refractivity contribution in [3.63, 3.8) is 0 Å². The summed E-state index contributed by atoms with van der Waals surface area (Å²) >= 11 is 3.30. The van der Waals surface area contributed by atoms with Gasteiger partial charge in [0.15, 0.2) is 4.67 Å². The molecule has 0 aliphatic carbocycles. The van der Waals surface area contributed by atoms with Crippen molar-refractivity contribution in [2.45, 2.75) is 12.5 Å². The monoisotopic (exact) mass is 355 g/mol. The van der Waals surface area contributed by atoms with E-state index >= 15 is 0 Å². The molecule has 1 aliphatic rings. The highest BCUT2D eigenvalue weighted by molar-refractivity contribution is 9.10. The summed E-state index contributed by atoms with van der Waals surface area (Å²) in [6.45, 7) is 3.88. The van der Waals surface area contributed by atoms with E-state index in [-0.39, 0.29) is 30.9 Å². The van der Waals surface area contributed by atoms with Gasteiger partial charge in [0.25, 0.3) is 0 Å². The second-order valence-corrected chi connectivity index (χ2v) is 4.59. The fraction of sp³-hybridized carbons (Fsp3) is 0.545. The third-order valence-corrected chi connectivity index (χ3v) is 3.23. The number of nitrogens with zero attached hydrogens (tertiary/aromatic N) is 2. The molecule has 0 radical (unpaired) electrons. The molecule has 1 N–H and O–H groups in total. The first-order valence-corrected chi connectivity index (χ1v) is 6.17. The molecule has 0 saturated carbocycles. The number of halogens is 3. The van der Waals surface area contributed by atoms with Crippen LogP contribution < -0.4 is 5.32 Å². The average molecular weight is 357 g/mol. The van der Waals surface area contributed by atoms with Crippen molar-refractivity contribution >= 4 is 40.7 Å². The number of piperazine rings is 1. The molecule has 102 valence electrons. The summed E-state index contributed by atoms with van der Waals surface area (Å²) in [5.74, 6) is 0.871. The number of hydrogen-bond acceptors (Lipinski definition) is 4. The SMILES string of the molecule is Cl.Cl.N#CC[C@H](c1ccc(Br)o1)N1CCNCC1. The summed E-state index contributed by atoms with van der Waals surface area (Å²) in [5, 5.41) is 12.2. The predicted octanol–water partition coefficient (Wildman–Crippen LogP) is 2.75. The highest BCUT2D eigenvalue weighted by Crippen LogP contribution is 2.27. The largest absolute Gasteiger partial charge is 0.453 e. The third-order valence-electron chi connectivity index (χ3n) is 2.80. The molecule has 0 bridgehead atoms. The maximum atomic E-state index is 8.89. The standard InChI is InChI=1S/C11H14BrN3O.2ClH/c12-11-2-1-10(16-11)9(3-4-13)15-7-5-14-6-8-15;;/h1-2,9,14H,3,5-8H2;2*1H/t9-;;/m1../s1. The molecule has 1 aromatic heterocycles. The molecule has 1 aliphatic heterocycles. The topological polar surface area (TPSA) is 52.2 Å². The number of nitrogens with one attached hydrogen (secondary N) is 1. The first kappa shape index (κ1) is 17.8. The van der Waals surface area contributed by atoms with Gasteiger partial charge in [0, 0.05) is 26.2 Å². The van der Waals surface area contributed by atoms with Crippen LogP contribution in [0.15, 0.2) is 21.2 Å². The lowest BCUT2D eigenvalue weighted by Gasteiger charge is -2.32. The van der Waals surface area contributed by atoms with Crippen LogP contribution in [0, 0.1) is 11.3 Å². The lowest BCUT2D eigenvalue weighted by atomic mass is 10.1. The fourth-order valence-electron chi connectivity index (χ4n) is 2.00. The van der Waals surface area contributed by atoms with E-state index < -0.39 is 0 Å². The highest BCUT2D eigenvalue weighted by Gasteiger charge is 2.24. The van der Waals surface area contributed by atoms with Gasteiger partial charge in [0.2, 0.25) is 0 Å². The van der Waals surface area contributed by atoms with Crippen LogP contribution in [0.1, 0.15) is 18.2 Å². The summed E-state index contributed by atoms with van der Waals surface area (Å²) in [4.78, 5) is 2.30. The normalized spacial score (nSPS) is 17.1. The number of rotatable bonds is 3. The smallest absolute Gasteiger partial charge is 0.169 e. The number of hydrogen-bond donors (Lipinski definition) is 1. The van der Waals surface area contributed by atoms with Crippen molar-refractivity contribution in [2.75, 3.05) is 26.2 Å². The van der Waals surface area contributed by atoms with Crippen LogP contribution in [0.3, 0.4) is 0 Å². The van der Waals surface area contributed by atoms with E-state index in [1.54, 1.807) is 0 Å².